The van der Waals surface area contributed by atoms with E-state index in [1.807, 2.05) is 6.92 Å². The van der Waals surface area contributed by atoms with Crippen molar-refractivity contribution in [1.82, 2.24) is 9.21 Å². The van der Waals surface area contributed by atoms with Gasteiger partial charge in [0.05, 0.1) is 16.9 Å². The van der Waals surface area contributed by atoms with Crippen LogP contribution in [-0.2, 0) is 10.0 Å². The number of benzene rings is 1. The van der Waals surface area contributed by atoms with Crippen LogP contribution in [0.1, 0.15) is 38.1 Å². The Morgan fingerprint density at radius 1 is 1.21 bits per heavy atom. The van der Waals surface area contributed by atoms with Gasteiger partial charge in [-0.3, -0.25) is 4.79 Å². The zero-order valence-electron chi connectivity index (χ0n) is 14.9. The first-order valence-electron chi connectivity index (χ1n) is 7.92. The number of sulfonamides is 1. The Balaban J connectivity index is 3.02. The number of nitriles is 1. The highest BCUT2D eigenvalue weighted by Crippen LogP contribution is 2.18. The van der Waals surface area contributed by atoms with E-state index in [9.17, 15) is 13.2 Å². The fourth-order valence-corrected chi connectivity index (χ4v) is 3.49. The number of rotatable bonds is 7. The summed E-state index contributed by atoms with van der Waals surface area (Å²) in [6.07, 6.45) is 0. The van der Waals surface area contributed by atoms with Crippen LogP contribution < -0.4 is 0 Å². The molecular formula is C17H25N3O3S. The van der Waals surface area contributed by atoms with Gasteiger partial charge in [-0.1, -0.05) is 0 Å². The lowest BCUT2D eigenvalue weighted by molar-refractivity contribution is 0.0752. The number of amides is 1. The first kappa shape index (κ1) is 20.1. The van der Waals surface area contributed by atoms with E-state index in [1.165, 1.54) is 35.6 Å². The Morgan fingerprint density at radius 2 is 1.75 bits per heavy atom. The zero-order chi connectivity index (χ0) is 18.5. The zero-order valence-corrected chi connectivity index (χ0v) is 15.7. The lowest BCUT2D eigenvalue weighted by atomic mass is 10.1. The van der Waals surface area contributed by atoms with Crippen LogP contribution in [0.15, 0.2) is 29.2 Å². The molecule has 0 bridgehead atoms. The molecule has 132 valence electrons. The molecule has 0 fully saturated rings. The summed E-state index contributed by atoms with van der Waals surface area (Å²) in [6, 6.07) is 7.88. The standard InChI is InChI=1S/C17H25N3O3S/c1-6-20(12-14(4)11-18)17(21)15-7-9-16(10-8-15)24(22,23)19(5)13(2)3/h7-10,13-14H,6,12H2,1-5H3. The number of hydrogen-bond acceptors (Lipinski definition) is 4. The lowest BCUT2D eigenvalue weighted by Gasteiger charge is -2.23. The maximum Gasteiger partial charge on any atom is 0.253 e. The molecule has 0 spiro atoms. The van der Waals surface area contributed by atoms with E-state index in [2.05, 4.69) is 6.07 Å². The molecule has 0 radical (unpaired) electrons. The smallest absolute Gasteiger partial charge is 0.253 e. The van der Waals surface area contributed by atoms with Crippen molar-refractivity contribution in [1.29, 1.82) is 5.26 Å². The molecule has 24 heavy (non-hydrogen) atoms. The minimum absolute atomic E-state index is 0.153. The first-order valence-corrected chi connectivity index (χ1v) is 9.36. The van der Waals surface area contributed by atoms with E-state index in [1.54, 1.807) is 25.7 Å². The summed E-state index contributed by atoms with van der Waals surface area (Å²) >= 11 is 0. The summed E-state index contributed by atoms with van der Waals surface area (Å²) in [6.45, 7) is 8.03. The van der Waals surface area contributed by atoms with Crippen molar-refractivity contribution in [2.24, 2.45) is 5.92 Å². The SMILES string of the molecule is CCN(CC(C)C#N)C(=O)c1ccc(S(=O)(=O)N(C)C(C)C)cc1. The normalized spacial score (nSPS) is 12.9. The van der Waals surface area contributed by atoms with Crippen molar-refractivity contribution < 1.29 is 13.2 Å². The fraction of sp³-hybridized carbons (Fsp3) is 0.529. The number of hydrogen-bond donors (Lipinski definition) is 0. The lowest BCUT2D eigenvalue weighted by Crippen LogP contribution is -2.34. The van der Waals surface area contributed by atoms with Crippen LogP contribution in [0, 0.1) is 17.2 Å². The highest BCUT2D eigenvalue weighted by atomic mass is 32.2. The Labute approximate surface area is 144 Å². The van der Waals surface area contributed by atoms with Gasteiger partial charge in [0.1, 0.15) is 0 Å². The average Bonchev–Trinajstić information content (AvgIpc) is 2.57. The van der Waals surface area contributed by atoms with Crippen LogP contribution in [0.3, 0.4) is 0 Å². The van der Waals surface area contributed by atoms with Gasteiger partial charge in [-0.25, -0.2) is 8.42 Å². The van der Waals surface area contributed by atoms with Gasteiger partial charge in [0, 0.05) is 31.7 Å². The van der Waals surface area contributed by atoms with Gasteiger partial charge in [-0.15, -0.1) is 0 Å². The maximum absolute atomic E-state index is 12.5. The number of carbonyl (C=O) groups is 1. The summed E-state index contributed by atoms with van der Waals surface area (Å²) in [5.41, 5.74) is 0.410. The van der Waals surface area contributed by atoms with Crippen molar-refractivity contribution in [2.45, 2.75) is 38.6 Å². The van der Waals surface area contributed by atoms with Gasteiger partial charge < -0.3 is 4.90 Å². The molecule has 0 aliphatic rings. The molecule has 6 nitrogen and oxygen atoms in total. The Morgan fingerprint density at radius 3 is 2.17 bits per heavy atom. The number of nitrogens with zero attached hydrogens (tertiary/aromatic N) is 3. The molecule has 0 aromatic heterocycles. The molecule has 0 heterocycles. The fourth-order valence-electron chi connectivity index (χ4n) is 2.12. The van der Waals surface area contributed by atoms with Gasteiger partial charge in [0.15, 0.2) is 0 Å². The minimum Gasteiger partial charge on any atom is -0.338 e. The van der Waals surface area contributed by atoms with Crippen LogP contribution in [-0.4, -0.2) is 49.7 Å². The van der Waals surface area contributed by atoms with Crippen molar-refractivity contribution in [2.75, 3.05) is 20.1 Å². The molecule has 1 unspecified atom stereocenters. The predicted octanol–water partition coefficient (Wildman–Crippen LogP) is 2.34. The van der Waals surface area contributed by atoms with Gasteiger partial charge in [0.25, 0.3) is 5.91 Å². The molecule has 0 aliphatic heterocycles. The maximum atomic E-state index is 12.5. The van der Waals surface area contributed by atoms with Gasteiger partial charge in [-0.05, 0) is 52.0 Å². The Kier molecular flexibility index (Phi) is 6.93. The summed E-state index contributed by atoms with van der Waals surface area (Å²) in [7, 11) is -2.04. The van der Waals surface area contributed by atoms with Crippen LogP contribution in [0.2, 0.25) is 0 Å². The summed E-state index contributed by atoms with van der Waals surface area (Å²) in [5, 5.41) is 8.89. The van der Waals surface area contributed by atoms with E-state index in [0.717, 1.165) is 0 Å². The largest absolute Gasteiger partial charge is 0.338 e. The second-order valence-electron chi connectivity index (χ2n) is 6.01. The number of carbonyl (C=O) groups excluding carboxylic acids is 1. The van der Waals surface area contributed by atoms with E-state index in [-0.39, 0.29) is 22.8 Å². The van der Waals surface area contributed by atoms with Crippen LogP contribution in [0.4, 0.5) is 0 Å². The third kappa shape index (κ3) is 4.56. The molecule has 0 N–H and O–H groups in total. The molecule has 1 atom stereocenters. The van der Waals surface area contributed by atoms with E-state index in [0.29, 0.717) is 18.7 Å². The van der Waals surface area contributed by atoms with Crippen molar-refractivity contribution in [3.05, 3.63) is 29.8 Å². The van der Waals surface area contributed by atoms with Gasteiger partial charge >= 0.3 is 0 Å². The highest BCUT2D eigenvalue weighted by Gasteiger charge is 2.24. The average molecular weight is 351 g/mol. The molecule has 1 amide bonds. The first-order chi connectivity index (χ1) is 11.1. The molecule has 0 saturated carbocycles. The molecule has 7 heteroatoms. The van der Waals surface area contributed by atoms with Crippen LogP contribution in [0.25, 0.3) is 0 Å². The molecule has 0 saturated heterocycles. The molecule has 1 rings (SSSR count). The van der Waals surface area contributed by atoms with E-state index < -0.39 is 10.0 Å². The van der Waals surface area contributed by atoms with Gasteiger partial charge in [-0.2, -0.15) is 9.57 Å². The Bertz CT molecular complexity index is 706. The van der Waals surface area contributed by atoms with Gasteiger partial charge in [0.2, 0.25) is 10.0 Å². The summed E-state index contributed by atoms with van der Waals surface area (Å²) < 4.78 is 26.1. The molecule has 0 aliphatic carbocycles. The van der Waals surface area contributed by atoms with Crippen LogP contribution in [0.5, 0.6) is 0 Å². The van der Waals surface area contributed by atoms with Crippen molar-refractivity contribution >= 4 is 15.9 Å². The summed E-state index contributed by atoms with van der Waals surface area (Å²) in [4.78, 5) is 14.2. The predicted molar refractivity (Wildman–Crippen MR) is 92.9 cm³/mol. The molecule has 1 aromatic rings. The monoisotopic (exact) mass is 351 g/mol. The molecular weight excluding hydrogens is 326 g/mol. The van der Waals surface area contributed by atoms with E-state index in [4.69, 9.17) is 5.26 Å². The minimum atomic E-state index is -3.56. The van der Waals surface area contributed by atoms with E-state index >= 15 is 0 Å². The summed E-state index contributed by atoms with van der Waals surface area (Å²) in [5.74, 6) is -0.464. The Hall–Kier alpha value is -1.91. The van der Waals surface area contributed by atoms with Crippen LogP contribution >= 0.6 is 0 Å². The highest BCUT2D eigenvalue weighted by molar-refractivity contribution is 7.89. The third-order valence-electron chi connectivity index (χ3n) is 3.89. The van der Waals surface area contributed by atoms with Crippen molar-refractivity contribution in [3.63, 3.8) is 0 Å². The quantitative estimate of drug-likeness (QED) is 0.755. The second kappa shape index (κ2) is 8.27. The second-order valence-corrected chi connectivity index (χ2v) is 8.01. The van der Waals surface area contributed by atoms with Crippen molar-refractivity contribution in [3.8, 4) is 6.07 Å². The topological polar surface area (TPSA) is 81.5 Å². The third-order valence-corrected chi connectivity index (χ3v) is 5.94. The molecule has 1 aromatic carbocycles.